The Labute approximate surface area is 152 Å². The summed E-state index contributed by atoms with van der Waals surface area (Å²) < 4.78 is 0. The maximum Gasteiger partial charge on any atom is 0.246 e. The number of anilines is 2. The van der Waals surface area contributed by atoms with Crippen molar-refractivity contribution in [1.29, 1.82) is 0 Å². The van der Waals surface area contributed by atoms with Gasteiger partial charge in [-0.1, -0.05) is 43.2 Å². The van der Waals surface area contributed by atoms with Crippen molar-refractivity contribution in [2.75, 3.05) is 23.4 Å². The lowest BCUT2D eigenvalue weighted by Gasteiger charge is -2.37. The zero-order valence-electron chi connectivity index (χ0n) is 14.9. The molecule has 2 heterocycles. The molecule has 1 aromatic carbocycles. The molecule has 6 heteroatoms. The minimum atomic E-state index is -0.107. The predicted octanol–water partition coefficient (Wildman–Crippen LogP) is 2.63. The van der Waals surface area contributed by atoms with E-state index in [0.29, 0.717) is 24.1 Å². The molecule has 134 valence electrons. The second-order valence-corrected chi connectivity index (χ2v) is 7.01. The molecule has 0 N–H and O–H groups in total. The molecule has 0 atom stereocenters. The molecular formula is C20H22N4O2. The number of carbonyl (C=O) groups is 2. The van der Waals surface area contributed by atoms with Crippen LogP contribution in [-0.2, 0) is 11.2 Å². The lowest BCUT2D eigenvalue weighted by atomic mass is 10.1. The zero-order chi connectivity index (χ0) is 18.1. The van der Waals surface area contributed by atoms with Gasteiger partial charge >= 0.3 is 0 Å². The molecular weight excluding hydrogens is 328 g/mol. The first-order chi connectivity index (χ1) is 12.6. The van der Waals surface area contributed by atoms with Gasteiger partial charge in [-0.25, -0.2) is 9.97 Å². The van der Waals surface area contributed by atoms with Gasteiger partial charge in [0.1, 0.15) is 5.69 Å². The number of hydrogen-bond donors (Lipinski definition) is 0. The van der Waals surface area contributed by atoms with Gasteiger partial charge in [0.2, 0.25) is 11.7 Å². The summed E-state index contributed by atoms with van der Waals surface area (Å²) in [6, 6.07) is 9.92. The van der Waals surface area contributed by atoms with Gasteiger partial charge in [-0.05, 0) is 18.4 Å². The number of amides is 1. The van der Waals surface area contributed by atoms with Crippen molar-refractivity contribution in [1.82, 2.24) is 9.97 Å². The number of carbonyl (C=O) groups excluding carboxylic acids is 2. The minimum absolute atomic E-state index is 0.0383. The third kappa shape index (κ3) is 3.07. The summed E-state index contributed by atoms with van der Waals surface area (Å²) in [5.41, 5.74) is 1.63. The maximum absolute atomic E-state index is 12.6. The fourth-order valence-electron chi connectivity index (χ4n) is 3.79. The molecule has 2 aromatic rings. The number of hydrogen-bond acceptors (Lipinski definition) is 5. The van der Waals surface area contributed by atoms with Crippen molar-refractivity contribution in [3.8, 4) is 0 Å². The molecule has 1 amide bonds. The molecule has 0 radical (unpaired) electrons. The summed E-state index contributed by atoms with van der Waals surface area (Å²) in [5, 5.41) is 0. The first kappa shape index (κ1) is 16.7. The zero-order valence-corrected chi connectivity index (χ0v) is 14.9. The van der Waals surface area contributed by atoms with Crippen LogP contribution in [0.2, 0.25) is 0 Å². The number of likely N-dealkylation sites (N-methyl/N-ethyl adjacent to an activating group) is 1. The number of aromatic nitrogens is 2. The molecule has 1 saturated carbocycles. The average Bonchev–Trinajstić information content (AvgIpc) is 3.19. The smallest absolute Gasteiger partial charge is 0.246 e. The van der Waals surface area contributed by atoms with E-state index in [0.717, 1.165) is 18.4 Å². The van der Waals surface area contributed by atoms with Gasteiger partial charge in [-0.2, -0.15) is 0 Å². The van der Waals surface area contributed by atoms with E-state index in [1.807, 2.05) is 30.3 Å². The fraction of sp³-hybridized carbons (Fsp3) is 0.400. The molecule has 0 bridgehead atoms. The van der Waals surface area contributed by atoms with Crippen molar-refractivity contribution in [3.05, 3.63) is 47.9 Å². The van der Waals surface area contributed by atoms with Crippen LogP contribution in [0.3, 0.4) is 0 Å². The molecule has 6 nitrogen and oxygen atoms in total. The summed E-state index contributed by atoms with van der Waals surface area (Å²) in [5.74, 6) is 0.866. The van der Waals surface area contributed by atoms with Crippen molar-refractivity contribution in [2.24, 2.45) is 0 Å². The van der Waals surface area contributed by atoms with E-state index >= 15 is 0 Å². The number of benzene rings is 1. The number of fused-ring (bicyclic) bond motifs is 1. The van der Waals surface area contributed by atoms with E-state index in [2.05, 4.69) is 14.9 Å². The summed E-state index contributed by atoms with van der Waals surface area (Å²) in [4.78, 5) is 37.5. The van der Waals surface area contributed by atoms with Crippen LogP contribution in [0.25, 0.3) is 0 Å². The van der Waals surface area contributed by atoms with Crippen LogP contribution in [0.5, 0.6) is 0 Å². The number of ketones is 1. The molecule has 1 fully saturated rings. The average molecular weight is 350 g/mol. The molecule has 1 aliphatic heterocycles. The molecule has 0 saturated heterocycles. The lowest BCUT2D eigenvalue weighted by molar-refractivity contribution is -0.117. The van der Waals surface area contributed by atoms with Gasteiger partial charge in [0, 0.05) is 19.5 Å². The summed E-state index contributed by atoms with van der Waals surface area (Å²) in [6.45, 7) is 0.317. The third-order valence-electron chi connectivity index (χ3n) is 5.29. The Kier molecular flexibility index (Phi) is 4.41. The highest BCUT2D eigenvalue weighted by Crippen LogP contribution is 2.35. The summed E-state index contributed by atoms with van der Waals surface area (Å²) >= 11 is 0. The largest absolute Gasteiger partial charge is 0.342 e. The first-order valence-electron chi connectivity index (χ1n) is 9.11. The molecule has 2 aliphatic rings. The lowest BCUT2D eigenvalue weighted by Crippen LogP contribution is -2.48. The highest BCUT2D eigenvalue weighted by Gasteiger charge is 2.34. The Morgan fingerprint density at radius 1 is 1.19 bits per heavy atom. The molecule has 1 aromatic heterocycles. The molecule has 0 spiro atoms. The highest BCUT2D eigenvalue weighted by molar-refractivity contribution is 6.03. The van der Waals surface area contributed by atoms with Gasteiger partial charge in [0.15, 0.2) is 11.6 Å². The topological polar surface area (TPSA) is 66.4 Å². The van der Waals surface area contributed by atoms with Crippen LogP contribution in [0.15, 0.2) is 36.5 Å². The van der Waals surface area contributed by atoms with Crippen LogP contribution in [0, 0.1) is 0 Å². The van der Waals surface area contributed by atoms with E-state index in [1.54, 1.807) is 18.1 Å². The molecule has 1 aliphatic carbocycles. The van der Waals surface area contributed by atoms with Gasteiger partial charge in [-0.15, -0.1) is 0 Å². The Bertz CT molecular complexity index is 831. The molecule has 4 rings (SSSR count). The predicted molar refractivity (Wildman–Crippen MR) is 99.5 cm³/mol. The third-order valence-corrected chi connectivity index (χ3v) is 5.29. The summed E-state index contributed by atoms with van der Waals surface area (Å²) in [6.07, 6.45) is 6.36. The van der Waals surface area contributed by atoms with Crippen LogP contribution in [0.1, 0.15) is 41.9 Å². The Morgan fingerprint density at radius 3 is 2.65 bits per heavy atom. The maximum atomic E-state index is 12.6. The van der Waals surface area contributed by atoms with E-state index in [1.165, 1.54) is 12.8 Å². The Hall–Kier alpha value is -2.76. The van der Waals surface area contributed by atoms with Crippen molar-refractivity contribution >= 4 is 23.2 Å². The van der Waals surface area contributed by atoms with E-state index in [4.69, 9.17) is 0 Å². The van der Waals surface area contributed by atoms with Crippen LogP contribution < -0.4 is 9.80 Å². The van der Waals surface area contributed by atoms with Crippen molar-refractivity contribution in [2.45, 2.75) is 38.1 Å². The van der Waals surface area contributed by atoms with Crippen LogP contribution in [-0.4, -0.2) is 41.3 Å². The fourth-order valence-corrected chi connectivity index (χ4v) is 3.79. The normalized spacial score (nSPS) is 17.5. The van der Waals surface area contributed by atoms with Crippen molar-refractivity contribution < 1.29 is 9.59 Å². The second kappa shape index (κ2) is 6.86. The number of rotatable bonds is 4. The van der Waals surface area contributed by atoms with E-state index < -0.39 is 0 Å². The van der Waals surface area contributed by atoms with Crippen molar-refractivity contribution in [3.63, 3.8) is 0 Å². The highest BCUT2D eigenvalue weighted by atomic mass is 16.2. The SMILES string of the molecule is CN1C(=O)CN(C2CCCC2)c2nc(C(=O)Cc3ccccc3)ncc21. The van der Waals surface area contributed by atoms with Gasteiger partial charge in [0.05, 0.1) is 12.7 Å². The standard InChI is InChI=1S/C20H22N4O2/c1-23-16-12-21-19(17(25)11-14-7-3-2-4-8-14)22-20(16)24(13-18(23)26)15-9-5-6-10-15/h2-4,7-8,12,15H,5-6,9-11,13H2,1H3. The number of nitrogens with zero attached hydrogens (tertiary/aromatic N) is 4. The van der Waals surface area contributed by atoms with E-state index in [9.17, 15) is 9.59 Å². The molecule has 26 heavy (non-hydrogen) atoms. The van der Waals surface area contributed by atoms with E-state index in [-0.39, 0.29) is 23.9 Å². The quantitative estimate of drug-likeness (QED) is 0.793. The Balaban J connectivity index is 1.66. The van der Waals surface area contributed by atoms with Crippen LogP contribution >= 0.6 is 0 Å². The van der Waals surface area contributed by atoms with Crippen LogP contribution in [0.4, 0.5) is 11.5 Å². The summed E-state index contributed by atoms with van der Waals surface area (Å²) in [7, 11) is 1.74. The van der Waals surface area contributed by atoms with Gasteiger partial charge in [-0.3, -0.25) is 9.59 Å². The number of Topliss-reactive ketones (excluding diaryl/α,β-unsaturated/α-hetero) is 1. The Morgan fingerprint density at radius 2 is 1.92 bits per heavy atom. The van der Waals surface area contributed by atoms with Gasteiger partial charge in [0.25, 0.3) is 0 Å². The first-order valence-corrected chi connectivity index (χ1v) is 9.11. The minimum Gasteiger partial charge on any atom is -0.342 e. The van der Waals surface area contributed by atoms with Gasteiger partial charge < -0.3 is 9.80 Å². The molecule has 0 unspecified atom stereocenters. The monoisotopic (exact) mass is 350 g/mol. The second-order valence-electron chi connectivity index (χ2n) is 7.01.